The fourth-order valence-corrected chi connectivity index (χ4v) is 2.76. The third kappa shape index (κ3) is 1.67. The zero-order valence-electron chi connectivity index (χ0n) is 10.7. The summed E-state index contributed by atoms with van der Waals surface area (Å²) in [6.07, 6.45) is 8.85. The van der Waals surface area contributed by atoms with Gasteiger partial charge in [0, 0.05) is 30.3 Å². The number of nitrogens with zero attached hydrogens (tertiary/aromatic N) is 1. The van der Waals surface area contributed by atoms with Crippen molar-refractivity contribution in [2.75, 3.05) is 0 Å². The number of allylic oxidation sites excluding steroid dienone is 6. The number of hydrogen-bond acceptors (Lipinski definition) is 1. The minimum absolute atomic E-state index is 0.00837. The molecular formula is C16H18FN. The van der Waals surface area contributed by atoms with Crippen molar-refractivity contribution >= 4 is 0 Å². The second kappa shape index (κ2) is 3.98. The van der Waals surface area contributed by atoms with Crippen LogP contribution in [0.25, 0.3) is 0 Å². The van der Waals surface area contributed by atoms with Crippen LogP contribution in [0.5, 0.6) is 0 Å². The van der Waals surface area contributed by atoms with Gasteiger partial charge in [-0.1, -0.05) is 19.2 Å². The lowest BCUT2D eigenvalue weighted by molar-refractivity contribution is 0.367. The molecule has 1 heterocycles. The molecule has 3 aliphatic rings. The van der Waals surface area contributed by atoms with Crippen LogP contribution in [-0.4, -0.2) is 10.9 Å². The van der Waals surface area contributed by atoms with Gasteiger partial charge in [-0.2, -0.15) is 0 Å². The van der Waals surface area contributed by atoms with E-state index in [-0.39, 0.29) is 11.7 Å². The average molecular weight is 243 g/mol. The Morgan fingerprint density at radius 1 is 1.44 bits per heavy atom. The maximum absolute atomic E-state index is 13.8. The highest BCUT2D eigenvalue weighted by Gasteiger charge is 2.38. The van der Waals surface area contributed by atoms with E-state index < -0.39 is 0 Å². The molecule has 1 aliphatic heterocycles. The van der Waals surface area contributed by atoms with Crippen molar-refractivity contribution in [1.82, 2.24) is 4.90 Å². The quantitative estimate of drug-likeness (QED) is 0.701. The van der Waals surface area contributed by atoms with E-state index in [2.05, 4.69) is 24.3 Å². The lowest BCUT2D eigenvalue weighted by Gasteiger charge is -2.38. The van der Waals surface area contributed by atoms with Crippen LogP contribution in [-0.2, 0) is 0 Å². The number of rotatable bonds is 2. The van der Waals surface area contributed by atoms with Gasteiger partial charge >= 0.3 is 0 Å². The Labute approximate surface area is 108 Å². The summed E-state index contributed by atoms with van der Waals surface area (Å²) >= 11 is 0. The Balaban J connectivity index is 2.07. The van der Waals surface area contributed by atoms with E-state index in [1.165, 1.54) is 18.5 Å². The highest BCUT2D eigenvalue weighted by atomic mass is 19.1. The van der Waals surface area contributed by atoms with Gasteiger partial charge in [-0.15, -0.1) is 0 Å². The molecule has 1 nitrogen and oxygen atoms in total. The first-order valence-electron chi connectivity index (χ1n) is 6.50. The van der Waals surface area contributed by atoms with Gasteiger partial charge in [-0.3, -0.25) is 0 Å². The van der Waals surface area contributed by atoms with Gasteiger partial charge < -0.3 is 4.90 Å². The van der Waals surface area contributed by atoms with Crippen molar-refractivity contribution < 1.29 is 4.39 Å². The molecule has 0 aromatic carbocycles. The van der Waals surface area contributed by atoms with Crippen LogP contribution < -0.4 is 0 Å². The van der Waals surface area contributed by atoms with Gasteiger partial charge in [-0.05, 0) is 42.6 Å². The summed E-state index contributed by atoms with van der Waals surface area (Å²) in [4.78, 5) is 2.31. The number of fused-ring (bicyclic) bond motifs is 1. The third-order valence-corrected chi connectivity index (χ3v) is 4.06. The third-order valence-electron chi connectivity index (χ3n) is 4.06. The lowest BCUT2D eigenvalue weighted by Crippen LogP contribution is -2.32. The molecule has 94 valence electrons. The van der Waals surface area contributed by atoms with Gasteiger partial charge in [0.25, 0.3) is 0 Å². The summed E-state index contributed by atoms with van der Waals surface area (Å²) in [7, 11) is 0. The Morgan fingerprint density at radius 3 is 2.78 bits per heavy atom. The van der Waals surface area contributed by atoms with Gasteiger partial charge in [0.15, 0.2) is 0 Å². The summed E-state index contributed by atoms with van der Waals surface area (Å²) in [5.74, 6) is 0.0817. The SMILES string of the molecule is C=CC1=CN(C2CC2)C2=CC(C)=C(F)CC2C1=C. The van der Waals surface area contributed by atoms with Crippen molar-refractivity contribution in [1.29, 1.82) is 0 Å². The van der Waals surface area contributed by atoms with E-state index in [0.717, 1.165) is 16.7 Å². The van der Waals surface area contributed by atoms with Crippen LogP contribution >= 0.6 is 0 Å². The second-order valence-electron chi connectivity index (χ2n) is 5.37. The minimum Gasteiger partial charge on any atom is -0.347 e. The highest BCUT2D eigenvalue weighted by molar-refractivity contribution is 5.50. The normalized spacial score (nSPS) is 27.8. The van der Waals surface area contributed by atoms with Gasteiger partial charge in [0.05, 0.1) is 0 Å². The second-order valence-corrected chi connectivity index (χ2v) is 5.37. The summed E-state index contributed by atoms with van der Waals surface area (Å²) in [6, 6.07) is 0.593. The summed E-state index contributed by atoms with van der Waals surface area (Å²) < 4.78 is 13.8. The smallest absolute Gasteiger partial charge is 0.104 e. The average Bonchev–Trinajstić information content (AvgIpc) is 3.17. The van der Waals surface area contributed by atoms with Crippen molar-refractivity contribution in [2.45, 2.75) is 32.2 Å². The first-order chi connectivity index (χ1) is 8.61. The summed E-state index contributed by atoms with van der Waals surface area (Å²) in [5, 5.41) is 0. The van der Waals surface area contributed by atoms with Crippen molar-refractivity contribution in [3.05, 3.63) is 59.8 Å². The Bertz CT molecular complexity index is 517. The first-order valence-corrected chi connectivity index (χ1v) is 6.50. The Hall–Kier alpha value is -1.57. The van der Waals surface area contributed by atoms with Crippen molar-refractivity contribution in [3.8, 4) is 0 Å². The Morgan fingerprint density at radius 2 is 2.17 bits per heavy atom. The largest absolute Gasteiger partial charge is 0.347 e. The molecule has 18 heavy (non-hydrogen) atoms. The maximum atomic E-state index is 13.8. The molecule has 0 aromatic heterocycles. The van der Waals surface area contributed by atoms with E-state index in [1.807, 2.05) is 19.1 Å². The van der Waals surface area contributed by atoms with E-state index in [9.17, 15) is 4.39 Å². The van der Waals surface area contributed by atoms with Crippen LogP contribution in [0, 0.1) is 5.92 Å². The lowest BCUT2D eigenvalue weighted by atomic mass is 9.81. The predicted molar refractivity (Wildman–Crippen MR) is 72.3 cm³/mol. The molecule has 1 saturated carbocycles. The molecule has 0 N–H and O–H groups in total. The molecule has 0 spiro atoms. The predicted octanol–water partition coefficient (Wildman–Crippen LogP) is 4.24. The minimum atomic E-state index is -0.00837. The van der Waals surface area contributed by atoms with Crippen molar-refractivity contribution in [2.24, 2.45) is 5.92 Å². The molecular weight excluding hydrogens is 225 g/mol. The van der Waals surface area contributed by atoms with E-state index in [1.54, 1.807) is 0 Å². The van der Waals surface area contributed by atoms with Gasteiger partial charge in [-0.25, -0.2) is 4.39 Å². The molecule has 2 aliphatic carbocycles. The fourth-order valence-electron chi connectivity index (χ4n) is 2.76. The zero-order valence-corrected chi connectivity index (χ0v) is 10.7. The molecule has 0 bridgehead atoms. The topological polar surface area (TPSA) is 3.24 Å². The first kappa shape index (κ1) is 11.5. The molecule has 1 unspecified atom stereocenters. The fraction of sp³-hybridized carbons (Fsp3) is 0.375. The molecule has 0 aromatic rings. The number of hydrogen-bond donors (Lipinski definition) is 0. The zero-order chi connectivity index (χ0) is 12.9. The van der Waals surface area contributed by atoms with Crippen LogP contribution in [0.15, 0.2) is 59.8 Å². The van der Waals surface area contributed by atoms with Gasteiger partial charge in [0.1, 0.15) is 5.83 Å². The van der Waals surface area contributed by atoms with Crippen LogP contribution in [0.2, 0.25) is 0 Å². The maximum Gasteiger partial charge on any atom is 0.104 e. The molecule has 2 heteroatoms. The molecule has 1 atom stereocenters. The monoisotopic (exact) mass is 243 g/mol. The molecule has 1 fully saturated rings. The number of halogens is 1. The van der Waals surface area contributed by atoms with Gasteiger partial charge in [0.2, 0.25) is 0 Å². The van der Waals surface area contributed by atoms with E-state index in [0.29, 0.717) is 12.5 Å². The summed E-state index contributed by atoms with van der Waals surface area (Å²) in [5.41, 5.74) is 4.02. The van der Waals surface area contributed by atoms with Crippen LogP contribution in [0.4, 0.5) is 4.39 Å². The standard InChI is InChI=1S/C16H18FN/c1-4-12-9-18(13-5-6-13)16-7-10(2)15(17)8-14(16)11(12)3/h4,7,9,13-14H,1,3,5-6,8H2,2H3. The molecule has 0 amide bonds. The molecule has 3 rings (SSSR count). The molecule has 0 radical (unpaired) electrons. The van der Waals surface area contributed by atoms with Crippen LogP contribution in [0.1, 0.15) is 26.2 Å². The highest BCUT2D eigenvalue weighted by Crippen LogP contribution is 2.45. The Kier molecular flexibility index (Phi) is 2.54. The van der Waals surface area contributed by atoms with E-state index in [4.69, 9.17) is 0 Å². The van der Waals surface area contributed by atoms with E-state index >= 15 is 0 Å². The van der Waals surface area contributed by atoms with Crippen molar-refractivity contribution in [3.63, 3.8) is 0 Å². The molecule has 0 saturated heterocycles. The summed E-state index contributed by atoms with van der Waals surface area (Å²) in [6.45, 7) is 9.81. The van der Waals surface area contributed by atoms with Crippen LogP contribution in [0.3, 0.4) is 0 Å².